The Bertz CT molecular complexity index is 912. The minimum absolute atomic E-state index is 0.0253. The van der Waals surface area contributed by atoms with Crippen molar-refractivity contribution in [3.8, 4) is 0 Å². The third-order valence-corrected chi connectivity index (χ3v) is 5.67. The number of anilines is 1. The summed E-state index contributed by atoms with van der Waals surface area (Å²) in [5.41, 5.74) is 3.26. The summed E-state index contributed by atoms with van der Waals surface area (Å²) in [5, 5.41) is 20.4. The van der Waals surface area contributed by atoms with Crippen LogP contribution in [0.4, 0.5) is 10.1 Å². The predicted molar refractivity (Wildman–Crippen MR) is 118 cm³/mol. The number of halogens is 1. The number of carbonyl (C=O) groups is 1. The first-order valence-electron chi connectivity index (χ1n) is 10.6. The van der Waals surface area contributed by atoms with Crippen molar-refractivity contribution in [2.24, 2.45) is 0 Å². The highest BCUT2D eigenvalue weighted by Gasteiger charge is 2.38. The molecular weight excluding hydrogens is 397 g/mol. The van der Waals surface area contributed by atoms with Gasteiger partial charge in [0.15, 0.2) is 0 Å². The van der Waals surface area contributed by atoms with E-state index in [0.717, 1.165) is 16.8 Å². The van der Waals surface area contributed by atoms with E-state index in [9.17, 15) is 19.4 Å². The van der Waals surface area contributed by atoms with Crippen LogP contribution in [0.15, 0.2) is 60.7 Å². The molecule has 4 unspecified atom stereocenters. The molecule has 0 spiro atoms. The van der Waals surface area contributed by atoms with E-state index in [1.807, 2.05) is 18.2 Å². The fourth-order valence-electron chi connectivity index (χ4n) is 4.32. The predicted octanol–water partition coefficient (Wildman–Crippen LogP) is 3.79. The van der Waals surface area contributed by atoms with Gasteiger partial charge in [-0.15, -0.1) is 0 Å². The van der Waals surface area contributed by atoms with Crippen LogP contribution in [-0.2, 0) is 9.53 Å². The molecule has 5 nitrogen and oxygen atoms in total. The van der Waals surface area contributed by atoms with Gasteiger partial charge in [-0.1, -0.05) is 42.5 Å². The summed E-state index contributed by atoms with van der Waals surface area (Å²) in [4.78, 5) is 13.6. The lowest BCUT2D eigenvalue weighted by molar-refractivity contribution is -0.143. The zero-order chi connectivity index (χ0) is 22.5. The van der Waals surface area contributed by atoms with Gasteiger partial charge in [0.2, 0.25) is 0 Å². The second-order valence-electron chi connectivity index (χ2n) is 8.20. The van der Waals surface area contributed by atoms with Crippen LogP contribution in [-0.4, -0.2) is 47.6 Å². The first-order valence-corrected chi connectivity index (χ1v) is 10.6. The molecule has 0 saturated heterocycles. The van der Waals surface area contributed by atoms with Crippen LogP contribution in [0.3, 0.4) is 0 Å². The lowest BCUT2D eigenvalue weighted by Crippen LogP contribution is -2.38. The fraction of sp³-hybridized carbons (Fsp3) is 0.400. The van der Waals surface area contributed by atoms with Gasteiger partial charge in [-0.25, -0.2) is 4.39 Å². The van der Waals surface area contributed by atoms with Crippen LogP contribution in [0.25, 0.3) is 0 Å². The zero-order valence-electron chi connectivity index (χ0n) is 18.1. The molecule has 3 rings (SSSR count). The van der Waals surface area contributed by atoms with Gasteiger partial charge in [0.25, 0.3) is 0 Å². The molecule has 2 aromatic rings. The number of hydrogen-bond acceptors (Lipinski definition) is 5. The number of nitrogens with zero attached hydrogens (tertiary/aromatic N) is 1. The number of carbonyl (C=O) groups excluding carboxylic acids is 1. The minimum atomic E-state index is -0.984. The number of rotatable bonds is 8. The average Bonchev–Trinajstić information content (AvgIpc) is 3.07. The number of hydrogen-bond donors (Lipinski definition) is 2. The molecule has 0 amide bonds. The number of fused-ring (bicyclic) bond motifs is 1. The highest BCUT2D eigenvalue weighted by atomic mass is 19.1. The van der Waals surface area contributed by atoms with Crippen molar-refractivity contribution in [3.05, 3.63) is 77.6 Å². The highest BCUT2D eigenvalue weighted by molar-refractivity contribution is 5.69. The summed E-state index contributed by atoms with van der Waals surface area (Å²) < 4.78 is 18.1. The van der Waals surface area contributed by atoms with E-state index in [-0.39, 0.29) is 36.7 Å². The monoisotopic (exact) mass is 427 g/mol. The molecular formula is C25H30FNO4. The Morgan fingerprint density at radius 3 is 2.48 bits per heavy atom. The standard InChI is InChI=1S/C25H30FNO4/c1-16(2)27-22-7-5-4-6-21(22)25(17-8-10-18(26)11-9-17)23(27)13-12-19(28)14-20(29)15-24(30)31-3/h4-13,16,19-20,23,25,28-29H,14-15H2,1-3H3. The van der Waals surface area contributed by atoms with Gasteiger partial charge in [-0.3, -0.25) is 4.79 Å². The van der Waals surface area contributed by atoms with Crippen LogP contribution in [0.1, 0.15) is 43.7 Å². The molecule has 1 heterocycles. The molecule has 0 aliphatic carbocycles. The van der Waals surface area contributed by atoms with Gasteiger partial charge >= 0.3 is 5.97 Å². The van der Waals surface area contributed by atoms with Crippen LogP contribution < -0.4 is 4.90 Å². The van der Waals surface area contributed by atoms with Crippen LogP contribution in [0.2, 0.25) is 0 Å². The molecule has 0 bridgehead atoms. The molecule has 4 atom stereocenters. The topological polar surface area (TPSA) is 70.0 Å². The number of methoxy groups -OCH3 is 1. The van der Waals surface area contributed by atoms with E-state index in [1.54, 1.807) is 18.2 Å². The molecule has 1 aliphatic heterocycles. The summed E-state index contributed by atoms with van der Waals surface area (Å²) in [6.45, 7) is 4.22. The first kappa shape index (κ1) is 23.0. The molecule has 0 radical (unpaired) electrons. The Morgan fingerprint density at radius 1 is 1.16 bits per heavy atom. The van der Waals surface area contributed by atoms with Crippen LogP contribution in [0.5, 0.6) is 0 Å². The van der Waals surface area contributed by atoms with Crippen molar-refractivity contribution in [1.82, 2.24) is 0 Å². The number of benzene rings is 2. The van der Waals surface area contributed by atoms with Gasteiger partial charge < -0.3 is 19.8 Å². The Balaban J connectivity index is 1.88. The van der Waals surface area contributed by atoms with Crippen molar-refractivity contribution < 1.29 is 24.1 Å². The van der Waals surface area contributed by atoms with Gasteiger partial charge in [0.05, 0.1) is 31.8 Å². The van der Waals surface area contributed by atoms with E-state index in [2.05, 4.69) is 35.6 Å². The second kappa shape index (κ2) is 10.1. The molecule has 166 valence electrons. The number of aliphatic hydroxyl groups excluding tert-OH is 2. The molecule has 2 aromatic carbocycles. The normalized spacial score (nSPS) is 20.2. The van der Waals surface area contributed by atoms with Crippen molar-refractivity contribution >= 4 is 11.7 Å². The van der Waals surface area contributed by atoms with E-state index in [0.29, 0.717) is 0 Å². The summed E-state index contributed by atoms with van der Waals surface area (Å²) in [6.07, 6.45) is 1.60. The fourth-order valence-corrected chi connectivity index (χ4v) is 4.32. The maximum Gasteiger partial charge on any atom is 0.308 e. The third-order valence-electron chi connectivity index (χ3n) is 5.67. The Morgan fingerprint density at radius 2 is 1.84 bits per heavy atom. The maximum atomic E-state index is 13.5. The third kappa shape index (κ3) is 5.32. The molecule has 31 heavy (non-hydrogen) atoms. The van der Waals surface area contributed by atoms with Gasteiger partial charge in [-0.05, 0) is 43.2 Å². The zero-order valence-corrected chi connectivity index (χ0v) is 18.1. The molecule has 0 saturated carbocycles. The van der Waals surface area contributed by atoms with Crippen LogP contribution >= 0.6 is 0 Å². The second-order valence-corrected chi connectivity index (χ2v) is 8.20. The Kier molecular flexibility index (Phi) is 7.46. The van der Waals surface area contributed by atoms with Crippen LogP contribution in [0, 0.1) is 5.82 Å². The van der Waals surface area contributed by atoms with E-state index < -0.39 is 18.2 Å². The van der Waals surface area contributed by atoms with Crippen molar-refractivity contribution in [2.45, 2.75) is 56.9 Å². The average molecular weight is 428 g/mol. The van der Waals surface area contributed by atoms with Crippen molar-refractivity contribution in [2.75, 3.05) is 12.0 Å². The quantitative estimate of drug-likeness (QED) is 0.496. The smallest absolute Gasteiger partial charge is 0.308 e. The molecule has 0 fully saturated rings. The summed E-state index contributed by atoms with van der Waals surface area (Å²) in [7, 11) is 1.26. The summed E-state index contributed by atoms with van der Waals surface area (Å²) in [5.74, 6) is -0.822. The van der Waals surface area contributed by atoms with Gasteiger partial charge in [-0.2, -0.15) is 0 Å². The minimum Gasteiger partial charge on any atom is -0.469 e. The van der Waals surface area contributed by atoms with E-state index in [1.165, 1.54) is 19.2 Å². The SMILES string of the molecule is COC(=O)CC(O)CC(O)C=CC1C(c2ccc(F)cc2)c2ccccc2N1C(C)C. The Labute approximate surface area is 182 Å². The maximum absolute atomic E-state index is 13.5. The van der Waals surface area contributed by atoms with Gasteiger partial charge in [0, 0.05) is 24.1 Å². The largest absolute Gasteiger partial charge is 0.469 e. The molecule has 2 N–H and O–H groups in total. The highest BCUT2D eigenvalue weighted by Crippen LogP contribution is 2.46. The molecule has 6 heteroatoms. The number of para-hydroxylation sites is 1. The molecule has 1 aliphatic rings. The van der Waals surface area contributed by atoms with E-state index in [4.69, 9.17) is 0 Å². The Hall–Kier alpha value is -2.70. The summed E-state index contributed by atoms with van der Waals surface area (Å²) >= 11 is 0. The number of esters is 1. The van der Waals surface area contributed by atoms with Crippen molar-refractivity contribution in [1.29, 1.82) is 0 Å². The number of ether oxygens (including phenoxy) is 1. The lowest BCUT2D eigenvalue weighted by atomic mass is 9.87. The summed E-state index contributed by atoms with van der Waals surface area (Å²) in [6, 6.07) is 14.8. The van der Waals surface area contributed by atoms with Gasteiger partial charge in [0.1, 0.15) is 5.82 Å². The molecule has 0 aromatic heterocycles. The number of aliphatic hydroxyl groups is 2. The van der Waals surface area contributed by atoms with Crippen molar-refractivity contribution in [3.63, 3.8) is 0 Å². The van der Waals surface area contributed by atoms with E-state index >= 15 is 0 Å². The lowest BCUT2D eigenvalue weighted by Gasteiger charge is -2.32. The first-order chi connectivity index (χ1) is 14.8.